The molecule has 8 nitrogen and oxygen atoms in total. The number of methoxy groups -OCH3 is 2. The molecule has 0 spiro atoms. The number of likely N-dealkylation sites (tertiary alicyclic amines) is 1. The van der Waals surface area contributed by atoms with E-state index in [2.05, 4.69) is 9.72 Å². The molecule has 1 amide bonds. The van der Waals surface area contributed by atoms with Crippen molar-refractivity contribution >= 4 is 18.0 Å². The molecule has 1 aromatic heterocycles. The van der Waals surface area contributed by atoms with Gasteiger partial charge in [-0.1, -0.05) is 0 Å². The number of rotatable bonds is 2. The number of hydrogen-bond donors (Lipinski definition) is 0. The molecule has 0 bridgehead atoms. The van der Waals surface area contributed by atoms with Gasteiger partial charge in [0.1, 0.15) is 5.60 Å². The molecule has 1 aliphatic heterocycles. The standard InChI is InChI=1S/C13H23NO4.C8H9NO2/c1-9-8-10(11(15)17-5)6-7-14(9)12(16)18-13(2,3)4;1-6-5-7(3-4-9-6)8(10)11-2/h9-10H,6-8H2,1-5H3;3-5H,1-2H3/t9-,10-;/m0./s1. The minimum absolute atomic E-state index is 0.00213. The van der Waals surface area contributed by atoms with Crippen molar-refractivity contribution in [1.29, 1.82) is 0 Å². The predicted octanol–water partition coefficient (Wildman–Crippen LogP) is 3.37. The lowest BCUT2D eigenvalue weighted by Crippen LogP contribution is -2.48. The van der Waals surface area contributed by atoms with Crippen LogP contribution in [0.3, 0.4) is 0 Å². The van der Waals surface area contributed by atoms with Gasteiger partial charge >= 0.3 is 18.0 Å². The minimum Gasteiger partial charge on any atom is -0.469 e. The fourth-order valence-electron chi connectivity index (χ4n) is 2.94. The second-order valence-electron chi connectivity index (χ2n) is 7.94. The number of aromatic nitrogens is 1. The summed E-state index contributed by atoms with van der Waals surface area (Å²) in [4.78, 5) is 40.0. The third-order valence-corrected chi connectivity index (χ3v) is 4.36. The van der Waals surface area contributed by atoms with E-state index in [4.69, 9.17) is 9.47 Å². The molecule has 0 radical (unpaired) electrons. The zero-order valence-corrected chi connectivity index (χ0v) is 18.4. The maximum Gasteiger partial charge on any atom is 0.410 e. The Morgan fingerprint density at radius 1 is 1.17 bits per heavy atom. The van der Waals surface area contributed by atoms with Crippen LogP contribution < -0.4 is 0 Å². The lowest BCUT2D eigenvalue weighted by atomic mass is 9.92. The summed E-state index contributed by atoms with van der Waals surface area (Å²) < 4.78 is 14.6. The van der Waals surface area contributed by atoms with Gasteiger partial charge in [-0.05, 0) is 59.6 Å². The van der Waals surface area contributed by atoms with Crippen molar-refractivity contribution < 1.29 is 28.6 Å². The van der Waals surface area contributed by atoms with Gasteiger partial charge in [-0.3, -0.25) is 9.78 Å². The van der Waals surface area contributed by atoms with E-state index in [9.17, 15) is 14.4 Å². The van der Waals surface area contributed by atoms with Crippen LogP contribution in [-0.4, -0.2) is 60.3 Å². The molecular formula is C21H32N2O6. The van der Waals surface area contributed by atoms with Gasteiger partial charge in [0.05, 0.1) is 25.7 Å². The van der Waals surface area contributed by atoms with Gasteiger partial charge in [0.15, 0.2) is 0 Å². The van der Waals surface area contributed by atoms with Gasteiger partial charge in [0.2, 0.25) is 0 Å². The molecule has 1 aromatic rings. The highest BCUT2D eigenvalue weighted by Crippen LogP contribution is 2.25. The summed E-state index contributed by atoms with van der Waals surface area (Å²) in [6.07, 6.45) is 2.54. The Labute approximate surface area is 172 Å². The number of carbonyl (C=O) groups excluding carboxylic acids is 3. The lowest BCUT2D eigenvalue weighted by Gasteiger charge is -2.37. The van der Waals surface area contributed by atoms with Crippen LogP contribution in [0.4, 0.5) is 4.79 Å². The zero-order valence-electron chi connectivity index (χ0n) is 18.4. The van der Waals surface area contributed by atoms with Gasteiger partial charge in [0, 0.05) is 24.5 Å². The van der Waals surface area contributed by atoms with Crippen LogP contribution in [0.15, 0.2) is 18.3 Å². The van der Waals surface area contributed by atoms with Gasteiger partial charge in [-0.2, -0.15) is 0 Å². The fourth-order valence-corrected chi connectivity index (χ4v) is 2.94. The molecule has 1 saturated heterocycles. The molecule has 2 atom stereocenters. The van der Waals surface area contributed by atoms with Crippen LogP contribution >= 0.6 is 0 Å². The Kier molecular flexibility index (Phi) is 9.07. The topological polar surface area (TPSA) is 95.0 Å². The first-order valence-corrected chi connectivity index (χ1v) is 9.57. The summed E-state index contributed by atoms with van der Waals surface area (Å²) in [6.45, 7) is 9.83. The summed E-state index contributed by atoms with van der Waals surface area (Å²) in [5, 5.41) is 0. The van der Waals surface area contributed by atoms with Crippen molar-refractivity contribution in [1.82, 2.24) is 9.88 Å². The molecule has 8 heteroatoms. The van der Waals surface area contributed by atoms with Crippen molar-refractivity contribution in [2.75, 3.05) is 20.8 Å². The normalized spacial score (nSPS) is 18.8. The van der Waals surface area contributed by atoms with E-state index in [1.54, 1.807) is 23.2 Å². The number of aryl methyl sites for hydroxylation is 1. The average molecular weight is 408 g/mol. The molecule has 1 fully saturated rings. The van der Waals surface area contributed by atoms with Crippen LogP contribution in [0.5, 0.6) is 0 Å². The highest BCUT2D eigenvalue weighted by atomic mass is 16.6. The molecule has 162 valence electrons. The van der Waals surface area contributed by atoms with E-state index in [1.807, 2.05) is 34.6 Å². The molecule has 29 heavy (non-hydrogen) atoms. The number of hydrogen-bond acceptors (Lipinski definition) is 7. The van der Waals surface area contributed by atoms with E-state index in [-0.39, 0.29) is 30.0 Å². The van der Waals surface area contributed by atoms with E-state index < -0.39 is 5.60 Å². The van der Waals surface area contributed by atoms with Gasteiger partial charge in [-0.25, -0.2) is 9.59 Å². The first-order valence-electron chi connectivity index (χ1n) is 9.57. The maximum atomic E-state index is 12.0. The van der Waals surface area contributed by atoms with Crippen LogP contribution in [-0.2, 0) is 19.0 Å². The fraction of sp³-hybridized carbons (Fsp3) is 0.619. The van der Waals surface area contributed by atoms with Crippen molar-refractivity contribution in [2.45, 2.75) is 59.1 Å². The van der Waals surface area contributed by atoms with Gasteiger partial charge < -0.3 is 19.1 Å². The van der Waals surface area contributed by atoms with Crippen molar-refractivity contribution in [3.63, 3.8) is 0 Å². The summed E-state index contributed by atoms with van der Waals surface area (Å²) in [7, 11) is 2.76. The largest absolute Gasteiger partial charge is 0.469 e. The van der Waals surface area contributed by atoms with E-state index in [0.717, 1.165) is 5.69 Å². The number of pyridine rings is 1. The molecule has 2 rings (SSSR count). The van der Waals surface area contributed by atoms with E-state index >= 15 is 0 Å². The third-order valence-electron chi connectivity index (χ3n) is 4.36. The summed E-state index contributed by atoms with van der Waals surface area (Å²) in [5.41, 5.74) is 0.864. The summed E-state index contributed by atoms with van der Waals surface area (Å²) in [6, 6.07) is 3.31. The number of piperidine rings is 1. The molecule has 0 N–H and O–H groups in total. The van der Waals surface area contributed by atoms with E-state index in [1.165, 1.54) is 14.2 Å². The first kappa shape index (κ1) is 24.4. The second-order valence-corrected chi connectivity index (χ2v) is 7.94. The van der Waals surface area contributed by atoms with Crippen molar-refractivity contribution in [2.24, 2.45) is 5.92 Å². The lowest BCUT2D eigenvalue weighted by molar-refractivity contribution is -0.147. The second kappa shape index (κ2) is 10.8. The van der Waals surface area contributed by atoms with Gasteiger partial charge in [0.25, 0.3) is 0 Å². The zero-order chi connectivity index (χ0) is 22.2. The molecule has 0 saturated carbocycles. The SMILES string of the molecule is COC(=O)[C@H]1CCN(C(=O)OC(C)(C)C)[C@@H](C)C1.COC(=O)c1ccnc(C)c1. The van der Waals surface area contributed by atoms with Gasteiger partial charge in [-0.15, -0.1) is 0 Å². The summed E-state index contributed by atoms with van der Waals surface area (Å²) in [5.74, 6) is -0.620. The van der Waals surface area contributed by atoms with Crippen molar-refractivity contribution in [3.8, 4) is 0 Å². The Bertz CT molecular complexity index is 713. The molecular weight excluding hydrogens is 376 g/mol. The molecule has 0 aromatic carbocycles. The summed E-state index contributed by atoms with van der Waals surface area (Å²) >= 11 is 0. The van der Waals surface area contributed by atoms with E-state index in [0.29, 0.717) is 24.9 Å². The number of amides is 1. The molecule has 1 aliphatic rings. The smallest absolute Gasteiger partial charge is 0.410 e. The van der Waals surface area contributed by atoms with Crippen LogP contribution in [0, 0.1) is 12.8 Å². The highest BCUT2D eigenvalue weighted by Gasteiger charge is 2.34. The van der Waals surface area contributed by atoms with Crippen molar-refractivity contribution in [3.05, 3.63) is 29.6 Å². The Balaban J connectivity index is 0.000000326. The van der Waals surface area contributed by atoms with Crippen LogP contribution in [0.25, 0.3) is 0 Å². The van der Waals surface area contributed by atoms with Crippen LogP contribution in [0.2, 0.25) is 0 Å². The predicted molar refractivity (Wildman–Crippen MR) is 107 cm³/mol. The Hall–Kier alpha value is -2.64. The highest BCUT2D eigenvalue weighted by molar-refractivity contribution is 5.89. The Morgan fingerprint density at radius 2 is 1.83 bits per heavy atom. The number of esters is 2. The first-order chi connectivity index (χ1) is 13.5. The molecule has 0 unspecified atom stereocenters. The minimum atomic E-state index is -0.490. The number of ether oxygens (including phenoxy) is 3. The Morgan fingerprint density at radius 3 is 2.31 bits per heavy atom. The molecule has 0 aliphatic carbocycles. The monoisotopic (exact) mass is 408 g/mol. The maximum absolute atomic E-state index is 12.0. The quantitative estimate of drug-likeness (QED) is 0.547. The average Bonchev–Trinajstić information content (AvgIpc) is 2.65. The number of carbonyl (C=O) groups is 3. The number of nitrogens with zero attached hydrogens (tertiary/aromatic N) is 2. The van der Waals surface area contributed by atoms with Crippen LogP contribution in [0.1, 0.15) is 56.6 Å². The third kappa shape index (κ3) is 8.09. The molecule has 2 heterocycles.